The summed E-state index contributed by atoms with van der Waals surface area (Å²) in [6.45, 7) is 11.2. The van der Waals surface area contributed by atoms with Gasteiger partial charge in [-0.15, -0.1) is 0 Å². The minimum absolute atomic E-state index is 0.313. The second kappa shape index (κ2) is 12.2. The number of rotatable bonds is 6. The van der Waals surface area contributed by atoms with Crippen LogP contribution in [0.3, 0.4) is 0 Å². The molecule has 0 saturated heterocycles. The highest BCUT2D eigenvalue weighted by Crippen LogP contribution is 2.32. The van der Waals surface area contributed by atoms with E-state index in [0.29, 0.717) is 5.56 Å². The largest absolute Gasteiger partial charge is 0.465 e. The van der Waals surface area contributed by atoms with Gasteiger partial charge < -0.3 is 9.30 Å². The maximum atomic E-state index is 12.0. The van der Waals surface area contributed by atoms with Gasteiger partial charge in [-0.1, -0.05) is 52.7 Å². The van der Waals surface area contributed by atoms with E-state index in [1.807, 2.05) is 25.2 Å². The van der Waals surface area contributed by atoms with Crippen molar-refractivity contribution in [2.24, 2.45) is 9.98 Å². The summed E-state index contributed by atoms with van der Waals surface area (Å²) in [6.07, 6.45) is 9.29. The van der Waals surface area contributed by atoms with Gasteiger partial charge in [-0.05, 0) is 43.4 Å². The zero-order valence-electron chi connectivity index (χ0n) is 19.8. The van der Waals surface area contributed by atoms with Crippen LogP contribution in [0, 0.1) is 0 Å². The van der Waals surface area contributed by atoms with Crippen molar-refractivity contribution in [3.05, 3.63) is 47.8 Å². The van der Waals surface area contributed by atoms with Gasteiger partial charge >= 0.3 is 5.97 Å². The van der Waals surface area contributed by atoms with E-state index in [0.717, 1.165) is 61.3 Å². The van der Waals surface area contributed by atoms with Gasteiger partial charge in [0.05, 0.1) is 24.1 Å². The fraction of sp³-hybridized carbons (Fsp3) is 0.500. The van der Waals surface area contributed by atoms with Gasteiger partial charge in [0.2, 0.25) is 0 Å². The van der Waals surface area contributed by atoms with Crippen molar-refractivity contribution in [2.45, 2.75) is 72.3 Å². The van der Waals surface area contributed by atoms with Gasteiger partial charge in [-0.3, -0.25) is 9.98 Å². The molecule has 5 heteroatoms. The zero-order chi connectivity index (χ0) is 22.8. The molecule has 1 aromatic carbocycles. The molecule has 0 saturated carbocycles. The number of esters is 1. The summed E-state index contributed by atoms with van der Waals surface area (Å²) >= 11 is 0. The third-order valence-corrected chi connectivity index (χ3v) is 5.65. The number of carbonyl (C=O) groups excluding carboxylic acids is 1. The quantitative estimate of drug-likeness (QED) is 0.507. The Labute approximate surface area is 186 Å². The van der Waals surface area contributed by atoms with E-state index in [1.165, 1.54) is 30.9 Å². The molecule has 0 radical (unpaired) electrons. The summed E-state index contributed by atoms with van der Waals surface area (Å²) in [6, 6.07) is 5.84. The number of methoxy groups -OCH3 is 1. The molecule has 0 bridgehead atoms. The number of hydrogen-bond donors (Lipinski definition) is 0. The van der Waals surface area contributed by atoms with Crippen LogP contribution in [-0.4, -0.2) is 36.1 Å². The highest BCUT2D eigenvalue weighted by Gasteiger charge is 2.26. The van der Waals surface area contributed by atoms with E-state index in [2.05, 4.69) is 41.9 Å². The minimum atomic E-state index is -0.313. The average molecular weight is 424 g/mol. The Morgan fingerprint density at radius 1 is 1.23 bits per heavy atom. The first-order valence-corrected chi connectivity index (χ1v) is 11.5. The lowest BCUT2D eigenvalue weighted by Gasteiger charge is -2.10. The third kappa shape index (κ3) is 5.52. The number of unbranched alkanes of at least 4 members (excludes halogenated alkanes) is 2. The Bertz CT molecular complexity index is 965. The zero-order valence-corrected chi connectivity index (χ0v) is 19.8. The maximum Gasteiger partial charge on any atom is 0.337 e. The number of benzene rings is 1. The minimum Gasteiger partial charge on any atom is -0.465 e. The molecule has 0 fully saturated rings. The van der Waals surface area contributed by atoms with Crippen molar-refractivity contribution < 1.29 is 9.53 Å². The molecule has 168 valence electrons. The second-order valence-electron chi connectivity index (χ2n) is 7.74. The number of ether oxygens (including phenoxy) is 1. The molecule has 1 aliphatic heterocycles. The summed E-state index contributed by atoms with van der Waals surface area (Å²) in [4.78, 5) is 21.2. The van der Waals surface area contributed by atoms with Crippen molar-refractivity contribution in [3.8, 4) is 0 Å². The summed E-state index contributed by atoms with van der Waals surface area (Å²) in [7, 11) is 3.24. The monoisotopic (exact) mass is 423 g/mol. The van der Waals surface area contributed by atoms with E-state index in [9.17, 15) is 4.79 Å². The van der Waals surface area contributed by atoms with Crippen molar-refractivity contribution in [2.75, 3.05) is 14.2 Å². The second-order valence-corrected chi connectivity index (χ2v) is 7.74. The fourth-order valence-corrected chi connectivity index (χ4v) is 3.88. The molecule has 2 aromatic rings. The molecule has 1 aliphatic rings. The lowest BCUT2D eigenvalue weighted by Crippen LogP contribution is -2.17. The molecule has 0 spiro atoms. The molecule has 31 heavy (non-hydrogen) atoms. The van der Waals surface area contributed by atoms with Crippen molar-refractivity contribution in [1.82, 2.24) is 4.57 Å². The molecule has 0 unspecified atom stereocenters. The van der Waals surface area contributed by atoms with Crippen LogP contribution >= 0.6 is 0 Å². The number of aromatic nitrogens is 1. The van der Waals surface area contributed by atoms with Crippen LogP contribution in [0.15, 0.2) is 41.0 Å². The number of nitrogens with zero attached hydrogens (tertiary/aromatic N) is 3. The number of aliphatic imine (C=N–C) groups is 2. The van der Waals surface area contributed by atoms with E-state index >= 15 is 0 Å². The summed E-state index contributed by atoms with van der Waals surface area (Å²) in [5, 5.41) is 1.18. The Hall–Kier alpha value is -2.69. The molecular weight excluding hydrogens is 386 g/mol. The highest BCUT2D eigenvalue weighted by molar-refractivity contribution is 6.49. The molecular formula is C26H37N3O2. The van der Waals surface area contributed by atoms with Crippen LogP contribution < -0.4 is 0 Å². The molecule has 5 nitrogen and oxygen atoms in total. The molecule has 0 N–H and O–H groups in total. The van der Waals surface area contributed by atoms with E-state index in [4.69, 9.17) is 4.74 Å². The maximum absolute atomic E-state index is 12.0. The fourth-order valence-electron chi connectivity index (χ4n) is 3.88. The Balaban J connectivity index is 0.000000785. The highest BCUT2D eigenvalue weighted by atomic mass is 16.5. The van der Waals surface area contributed by atoms with Crippen LogP contribution in [0.5, 0.6) is 0 Å². The lowest BCUT2D eigenvalue weighted by molar-refractivity contribution is 0.0601. The van der Waals surface area contributed by atoms with Gasteiger partial charge in [0.15, 0.2) is 0 Å². The van der Waals surface area contributed by atoms with Crippen molar-refractivity contribution in [3.63, 3.8) is 0 Å². The van der Waals surface area contributed by atoms with Gasteiger partial charge in [0.25, 0.3) is 0 Å². The Morgan fingerprint density at radius 3 is 2.55 bits per heavy atom. The van der Waals surface area contributed by atoms with Gasteiger partial charge in [0.1, 0.15) is 5.71 Å². The van der Waals surface area contributed by atoms with Crippen LogP contribution in [0.25, 0.3) is 10.9 Å². The topological polar surface area (TPSA) is 56.0 Å². The van der Waals surface area contributed by atoms with Gasteiger partial charge in [0, 0.05) is 30.7 Å². The smallest absolute Gasteiger partial charge is 0.337 e. The normalized spacial score (nSPS) is 15.9. The van der Waals surface area contributed by atoms with Crippen molar-refractivity contribution in [1.29, 1.82) is 0 Å². The first-order valence-electron chi connectivity index (χ1n) is 11.5. The molecule has 2 heterocycles. The molecule has 1 aromatic heterocycles. The third-order valence-electron chi connectivity index (χ3n) is 5.65. The number of hydrogen-bond acceptors (Lipinski definition) is 4. The SMILES string of the molecule is C=CN=C1C(=NC)CCCn2c1c(CCCC)c1ccc(C(=O)OC)cc12.CCCC. The lowest BCUT2D eigenvalue weighted by atomic mass is 9.99. The first-order chi connectivity index (χ1) is 15.1. The number of fused-ring (bicyclic) bond motifs is 3. The predicted molar refractivity (Wildman–Crippen MR) is 132 cm³/mol. The molecule has 3 rings (SSSR count). The molecule has 0 aliphatic carbocycles. The summed E-state index contributed by atoms with van der Waals surface area (Å²) < 4.78 is 7.21. The van der Waals surface area contributed by atoms with E-state index in [-0.39, 0.29) is 5.97 Å². The van der Waals surface area contributed by atoms with Gasteiger partial charge in [-0.2, -0.15) is 0 Å². The van der Waals surface area contributed by atoms with Crippen LogP contribution in [0.1, 0.15) is 80.9 Å². The Kier molecular flexibility index (Phi) is 9.70. The Morgan fingerprint density at radius 2 is 1.97 bits per heavy atom. The van der Waals surface area contributed by atoms with Crippen molar-refractivity contribution >= 4 is 28.3 Å². The van der Waals surface area contributed by atoms with Crippen LogP contribution in [0.4, 0.5) is 0 Å². The number of aryl methyl sites for hydroxylation is 2. The van der Waals surface area contributed by atoms with Crippen LogP contribution in [-0.2, 0) is 17.7 Å². The summed E-state index contributed by atoms with van der Waals surface area (Å²) in [5.74, 6) is -0.313. The predicted octanol–water partition coefficient (Wildman–Crippen LogP) is 6.37. The molecule has 0 amide bonds. The summed E-state index contributed by atoms with van der Waals surface area (Å²) in [5.41, 5.74) is 5.97. The van der Waals surface area contributed by atoms with E-state index in [1.54, 1.807) is 6.20 Å². The standard InChI is InChI=1S/C22H27N3O2.C4H10/c1-5-7-9-17-16-12-11-15(22(26)27-4)14-19(16)25-13-8-10-18(23-3)20(21(17)25)24-6-2;1-3-4-2/h6,11-12,14H,2,5,7-10,13H2,1,3-4H3;3-4H2,1-2H3. The van der Waals surface area contributed by atoms with E-state index < -0.39 is 0 Å². The average Bonchev–Trinajstić information content (AvgIpc) is 2.98. The van der Waals surface area contributed by atoms with Crippen LogP contribution in [0.2, 0.25) is 0 Å². The molecule has 0 atom stereocenters. The van der Waals surface area contributed by atoms with Gasteiger partial charge in [-0.25, -0.2) is 4.79 Å². The number of carbonyl (C=O) groups is 1. The first kappa shape index (κ1) is 24.6.